The molecule has 2 aliphatic rings. The predicted octanol–water partition coefficient (Wildman–Crippen LogP) is 2.47. The molecular formula is C13H14N2O2S. The van der Waals surface area contributed by atoms with Crippen LogP contribution in [-0.4, -0.2) is 17.1 Å². The third-order valence-corrected chi connectivity index (χ3v) is 4.30. The molecule has 1 aliphatic heterocycles. The van der Waals surface area contributed by atoms with Gasteiger partial charge in [0.2, 0.25) is 11.8 Å². The van der Waals surface area contributed by atoms with Crippen LogP contribution in [0.3, 0.4) is 0 Å². The fraction of sp³-hybridized carbons (Fsp3) is 0.385. The lowest BCUT2D eigenvalue weighted by Gasteiger charge is -2.21. The second kappa shape index (κ2) is 4.31. The van der Waals surface area contributed by atoms with Crippen molar-refractivity contribution in [2.24, 2.45) is 5.92 Å². The second-order valence-corrected chi connectivity index (χ2v) is 6.11. The van der Waals surface area contributed by atoms with Gasteiger partial charge in [0, 0.05) is 16.5 Å². The number of carbonyl (C=O) groups excluding carboxylic acids is 2. The minimum atomic E-state index is -0.0654. The number of benzene rings is 1. The Bertz CT molecular complexity index is 526. The molecule has 94 valence electrons. The quantitative estimate of drug-likeness (QED) is 0.860. The summed E-state index contributed by atoms with van der Waals surface area (Å²) in [6.07, 6.45) is 1.97. The third-order valence-electron chi connectivity index (χ3n) is 3.13. The molecule has 1 aromatic rings. The first-order valence-corrected chi connectivity index (χ1v) is 6.94. The minimum Gasteiger partial charge on any atom is -0.326 e. The van der Waals surface area contributed by atoms with Gasteiger partial charge in [-0.3, -0.25) is 9.59 Å². The standard InChI is InChI=1S/C13H14N2O2S/c1-7-12(16)15-10-6-9(4-5-11(10)18-7)14-13(17)8-2-3-8/h4-8H,2-3H2,1H3,(H,14,17)(H,15,16). The van der Waals surface area contributed by atoms with Crippen LogP contribution in [0.2, 0.25) is 0 Å². The molecule has 0 spiro atoms. The molecule has 18 heavy (non-hydrogen) atoms. The maximum Gasteiger partial charge on any atom is 0.237 e. The van der Waals surface area contributed by atoms with Gasteiger partial charge in [-0.15, -0.1) is 11.8 Å². The molecule has 1 aromatic carbocycles. The zero-order valence-electron chi connectivity index (χ0n) is 10.0. The van der Waals surface area contributed by atoms with Crippen molar-refractivity contribution in [2.75, 3.05) is 10.6 Å². The molecule has 2 N–H and O–H groups in total. The monoisotopic (exact) mass is 262 g/mol. The number of nitrogens with one attached hydrogen (secondary N) is 2. The summed E-state index contributed by atoms with van der Waals surface area (Å²) >= 11 is 1.54. The lowest BCUT2D eigenvalue weighted by molar-refractivity contribution is -0.117. The van der Waals surface area contributed by atoms with Crippen LogP contribution in [0.4, 0.5) is 11.4 Å². The lowest BCUT2D eigenvalue weighted by atomic mass is 10.2. The number of amides is 2. The highest BCUT2D eigenvalue weighted by Crippen LogP contribution is 2.37. The molecule has 1 unspecified atom stereocenters. The highest BCUT2D eigenvalue weighted by atomic mass is 32.2. The highest BCUT2D eigenvalue weighted by Gasteiger charge is 2.30. The van der Waals surface area contributed by atoms with Gasteiger partial charge in [0.1, 0.15) is 0 Å². The SMILES string of the molecule is CC1Sc2ccc(NC(=O)C3CC3)cc2NC1=O. The molecule has 1 atom stereocenters. The van der Waals surface area contributed by atoms with E-state index in [-0.39, 0.29) is 23.0 Å². The number of carbonyl (C=O) groups is 2. The van der Waals surface area contributed by atoms with Gasteiger partial charge in [-0.1, -0.05) is 0 Å². The van der Waals surface area contributed by atoms with E-state index in [0.717, 1.165) is 29.1 Å². The van der Waals surface area contributed by atoms with Crippen molar-refractivity contribution in [3.8, 4) is 0 Å². The number of hydrogen-bond acceptors (Lipinski definition) is 3. The van der Waals surface area contributed by atoms with E-state index in [4.69, 9.17) is 0 Å². The van der Waals surface area contributed by atoms with E-state index in [9.17, 15) is 9.59 Å². The summed E-state index contributed by atoms with van der Waals surface area (Å²) in [5.41, 5.74) is 1.54. The Labute approximate surface area is 110 Å². The van der Waals surface area contributed by atoms with Crippen LogP contribution in [0.1, 0.15) is 19.8 Å². The first-order valence-electron chi connectivity index (χ1n) is 6.06. The Balaban J connectivity index is 1.80. The van der Waals surface area contributed by atoms with Crippen molar-refractivity contribution in [1.82, 2.24) is 0 Å². The number of thioether (sulfide) groups is 1. The van der Waals surface area contributed by atoms with Crippen LogP contribution in [0, 0.1) is 5.92 Å². The first-order chi connectivity index (χ1) is 8.63. The van der Waals surface area contributed by atoms with Gasteiger partial charge in [-0.25, -0.2) is 0 Å². The topological polar surface area (TPSA) is 58.2 Å². The van der Waals surface area contributed by atoms with Crippen molar-refractivity contribution >= 4 is 35.0 Å². The molecule has 1 aliphatic carbocycles. The zero-order valence-corrected chi connectivity index (χ0v) is 10.8. The maximum absolute atomic E-state index is 11.7. The van der Waals surface area contributed by atoms with Crippen LogP contribution >= 0.6 is 11.8 Å². The molecule has 2 amide bonds. The second-order valence-electron chi connectivity index (χ2n) is 4.72. The third kappa shape index (κ3) is 2.22. The van der Waals surface area contributed by atoms with E-state index in [1.54, 1.807) is 11.8 Å². The molecule has 0 aromatic heterocycles. The Morgan fingerprint density at radius 3 is 2.94 bits per heavy atom. The summed E-state index contributed by atoms with van der Waals surface area (Å²) in [5.74, 6) is 0.279. The lowest BCUT2D eigenvalue weighted by Crippen LogP contribution is -2.26. The van der Waals surface area contributed by atoms with Crippen molar-refractivity contribution < 1.29 is 9.59 Å². The summed E-state index contributed by atoms with van der Waals surface area (Å²) in [5, 5.41) is 5.67. The summed E-state index contributed by atoms with van der Waals surface area (Å²) in [6, 6.07) is 5.65. The molecule has 0 radical (unpaired) electrons. The van der Waals surface area contributed by atoms with E-state index in [1.807, 2.05) is 25.1 Å². The van der Waals surface area contributed by atoms with Gasteiger partial charge in [0.15, 0.2) is 0 Å². The normalized spacial score (nSPS) is 22.1. The van der Waals surface area contributed by atoms with Crippen LogP contribution in [0.25, 0.3) is 0 Å². The predicted molar refractivity (Wildman–Crippen MR) is 71.7 cm³/mol. The average Bonchev–Trinajstić information content (AvgIpc) is 3.15. The molecule has 5 heteroatoms. The van der Waals surface area contributed by atoms with Crippen molar-refractivity contribution in [1.29, 1.82) is 0 Å². The highest BCUT2D eigenvalue weighted by molar-refractivity contribution is 8.00. The molecule has 0 saturated heterocycles. The van der Waals surface area contributed by atoms with Crippen molar-refractivity contribution in [3.05, 3.63) is 18.2 Å². The van der Waals surface area contributed by atoms with E-state index < -0.39 is 0 Å². The summed E-state index contributed by atoms with van der Waals surface area (Å²) in [4.78, 5) is 24.3. The maximum atomic E-state index is 11.7. The van der Waals surface area contributed by atoms with Crippen LogP contribution < -0.4 is 10.6 Å². The van der Waals surface area contributed by atoms with Gasteiger partial charge in [0.25, 0.3) is 0 Å². The summed E-state index contributed by atoms with van der Waals surface area (Å²) < 4.78 is 0. The minimum absolute atomic E-state index is 0.0122. The van der Waals surface area contributed by atoms with E-state index >= 15 is 0 Å². The number of hydrogen-bond donors (Lipinski definition) is 2. The number of fused-ring (bicyclic) bond motifs is 1. The van der Waals surface area contributed by atoms with Crippen LogP contribution in [0.5, 0.6) is 0 Å². The molecule has 3 rings (SSSR count). The van der Waals surface area contributed by atoms with E-state index in [2.05, 4.69) is 10.6 Å². The van der Waals surface area contributed by atoms with Gasteiger partial charge in [0.05, 0.1) is 10.9 Å². The fourth-order valence-electron chi connectivity index (χ4n) is 1.88. The van der Waals surface area contributed by atoms with E-state index in [0.29, 0.717) is 0 Å². The van der Waals surface area contributed by atoms with Gasteiger partial charge < -0.3 is 10.6 Å². The van der Waals surface area contributed by atoms with Gasteiger partial charge >= 0.3 is 0 Å². The molecule has 1 heterocycles. The molecule has 1 saturated carbocycles. The van der Waals surface area contributed by atoms with Gasteiger partial charge in [-0.2, -0.15) is 0 Å². The molecule has 4 nitrogen and oxygen atoms in total. The van der Waals surface area contributed by atoms with Crippen LogP contribution in [0.15, 0.2) is 23.1 Å². The summed E-state index contributed by atoms with van der Waals surface area (Å²) in [6.45, 7) is 1.88. The number of anilines is 2. The molecular weight excluding hydrogens is 248 g/mol. The molecule has 1 fully saturated rings. The van der Waals surface area contributed by atoms with Crippen molar-refractivity contribution in [3.63, 3.8) is 0 Å². The largest absolute Gasteiger partial charge is 0.326 e. The smallest absolute Gasteiger partial charge is 0.237 e. The number of rotatable bonds is 2. The Morgan fingerprint density at radius 1 is 1.44 bits per heavy atom. The van der Waals surface area contributed by atoms with Crippen LogP contribution in [-0.2, 0) is 9.59 Å². The molecule has 0 bridgehead atoms. The first kappa shape index (κ1) is 11.6. The fourth-order valence-corrected chi connectivity index (χ4v) is 2.81. The Hall–Kier alpha value is -1.49. The Kier molecular flexibility index (Phi) is 2.78. The summed E-state index contributed by atoms with van der Waals surface area (Å²) in [7, 11) is 0. The zero-order chi connectivity index (χ0) is 12.7. The average molecular weight is 262 g/mol. The van der Waals surface area contributed by atoms with Gasteiger partial charge in [-0.05, 0) is 38.0 Å². The van der Waals surface area contributed by atoms with E-state index in [1.165, 1.54) is 0 Å². The Morgan fingerprint density at radius 2 is 2.22 bits per heavy atom. The van der Waals surface area contributed by atoms with Crippen molar-refractivity contribution in [2.45, 2.75) is 29.9 Å².